The minimum absolute atomic E-state index is 0.0140. The van der Waals surface area contributed by atoms with Gasteiger partial charge >= 0.3 is 5.97 Å². The zero-order valence-electron chi connectivity index (χ0n) is 6.33. The predicted octanol–water partition coefficient (Wildman–Crippen LogP) is 0.996. The smallest absolute Gasteiger partial charge is 0.328 e. The highest BCUT2D eigenvalue weighted by Crippen LogP contribution is 2.25. The maximum absolute atomic E-state index is 11.0. The normalized spacial score (nSPS) is 27.9. The first-order valence-electron chi connectivity index (χ1n) is 3.56. The van der Waals surface area contributed by atoms with Crippen LogP contribution in [0, 0.1) is 5.92 Å². The molecule has 1 rings (SSSR count). The van der Waals surface area contributed by atoms with Crippen LogP contribution in [0.25, 0.3) is 0 Å². The monoisotopic (exact) mass is 154 g/mol. The number of carbonyl (C=O) groups excluding carboxylic acids is 1. The molecule has 0 saturated heterocycles. The van der Waals surface area contributed by atoms with Crippen molar-refractivity contribution in [3.05, 3.63) is 11.6 Å². The van der Waals surface area contributed by atoms with Gasteiger partial charge in [-0.05, 0) is 12.3 Å². The van der Waals surface area contributed by atoms with Gasteiger partial charge in [0.25, 0.3) is 0 Å². The highest BCUT2D eigenvalue weighted by molar-refractivity contribution is 6.02. The van der Waals surface area contributed by atoms with E-state index in [4.69, 9.17) is 5.11 Å². The molecule has 1 aliphatic carbocycles. The van der Waals surface area contributed by atoms with Crippen LogP contribution in [0.1, 0.15) is 19.8 Å². The molecule has 60 valence electrons. The summed E-state index contributed by atoms with van der Waals surface area (Å²) < 4.78 is 0. The maximum atomic E-state index is 11.0. The molecule has 1 aliphatic rings. The molecule has 1 saturated carbocycles. The van der Waals surface area contributed by atoms with Crippen LogP contribution in [0.5, 0.6) is 0 Å². The predicted molar refractivity (Wildman–Crippen MR) is 39.1 cm³/mol. The van der Waals surface area contributed by atoms with Crippen molar-refractivity contribution in [2.75, 3.05) is 0 Å². The Morgan fingerprint density at radius 2 is 2.27 bits per heavy atom. The molecular formula is C8H10O3. The molecule has 0 aliphatic heterocycles. The van der Waals surface area contributed by atoms with E-state index in [1.54, 1.807) is 0 Å². The van der Waals surface area contributed by atoms with Gasteiger partial charge in [-0.1, -0.05) is 6.92 Å². The molecule has 3 nitrogen and oxygen atoms in total. The average molecular weight is 154 g/mol. The fourth-order valence-electron chi connectivity index (χ4n) is 1.30. The van der Waals surface area contributed by atoms with Crippen LogP contribution in [0.15, 0.2) is 11.6 Å². The summed E-state index contributed by atoms with van der Waals surface area (Å²) in [7, 11) is 0. The molecule has 0 aromatic carbocycles. The fourth-order valence-corrected chi connectivity index (χ4v) is 1.30. The zero-order chi connectivity index (χ0) is 8.43. The summed E-state index contributed by atoms with van der Waals surface area (Å²) in [5, 5.41) is 8.35. The number of Topliss-reactive ketones (excluding diaryl/α,β-unsaturated/α-hetero) is 1. The molecule has 3 heteroatoms. The van der Waals surface area contributed by atoms with Crippen molar-refractivity contribution < 1.29 is 14.7 Å². The second-order valence-electron chi connectivity index (χ2n) is 2.94. The maximum Gasteiger partial charge on any atom is 0.328 e. The van der Waals surface area contributed by atoms with E-state index in [-0.39, 0.29) is 5.78 Å². The van der Waals surface area contributed by atoms with Crippen molar-refractivity contribution in [2.24, 2.45) is 5.92 Å². The number of allylic oxidation sites excluding steroid dienone is 1. The molecule has 0 spiro atoms. The Morgan fingerprint density at radius 1 is 1.64 bits per heavy atom. The average Bonchev–Trinajstić information content (AvgIpc) is 2.09. The first kappa shape index (κ1) is 7.98. The Balaban J connectivity index is 2.75. The molecule has 1 N–H and O–H groups in total. The fraction of sp³-hybridized carbons (Fsp3) is 0.500. The Morgan fingerprint density at radius 3 is 2.64 bits per heavy atom. The van der Waals surface area contributed by atoms with E-state index < -0.39 is 5.97 Å². The molecule has 0 bridgehead atoms. The Hall–Kier alpha value is -1.12. The van der Waals surface area contributed by atoms with Crippen molar-refractivity contribution in [3.8, 4) is 0 Å². The molecule has 0 heterocycles. The molecule has 0 amide bonds. The number of hydrogen-bond acceptors (Lipinski definition) is 2. The second kappa shape index (κ2) is 2.86. The lowest BCUT2D eigenvalue weighted by Crippen LogP contribution is -1.96. The van der Waals surface area contributed by atoms with Crippen molar-refractivity contribution in [3.63, 3.8) is 0 Å². The van der Waals surface area contributed by atoms with Gasteiger partial charge in [-0.15, -0.1) is 0 Å². The Kier molecular flexibility index (Phi) is 2.08. The third-order valence-electron chi connectivity index (χ3n) is 1.76. The second-order valence-corrected chi connectivity index (χ2v) is 2.94. The summed E-state index contributed by atoms with van der Waals surface area (Å²) in [5.74, 6) is -0.726. The van der Waals surface area contributed by atoms with Gasteiger partial charge in [-0.3, -0.25) is 4.79 Å². The van der Waals surface area contributed by atoms with Gasteiger partial charge in [-0.2, -0.15) is 0 Å². The SMILES string of the molecule is CC1CC(=O)C(=CC(=O)O)C1. The number of carbonyl (C=O) groups is 2. The van der Waals surface area contributed by atoms with Crippen LogP contribution in [0.3, 0.4) is 0 Å². The zero-order valence-corrected chi connectivity index (χ0v) is 6.33. The largest absolute Gasteiger partial charge is 0.478 e. The van der Waals surface area contributed by atoms with E-state index in [0.717, 1.165) is 6.08 Å². The summed E-state index contributed by atoms with van der Waals surface area (Å²) >= 11 is 0. The first-order valence-corrected chi connectivity index (χ1v) is 3.56. The molecule has 0 aromatic heterocycles. The first-order chi connectivity index (χ1) is 5.09. The van der Waals surface area contributed by atoms with Crippen LogP contribution in [0.2, 0.25) is 0 Å². The summed E-state index contributed by atoms with van der Waals surface area (Å²) in [6, 6.07) is 0. The summed E-state index contributed by atoms with van der Waals surface area (Å²) in [4.78, 5) is 21.2. The van der Waals surface area contributed by atoms with Gasteiger partial charge in [0.1, 0.15) is 0 Å². The minimum Gasteiger partial charge on any atom is -0.478 e. The van der Waals surface area contributed by atoms with Crippen molar-refractivity contribution in [1.29, 1.82) is 0 Å². The third-order valence-corrected chi connectivity index (χ3v) is 1.76. The van der Waals surface area contributed by atoms with E-state index in [9.17, 15) is 9.59 Å². The van der Waals surface area contributed by atoms with E-state index in [0.29, 0.717) is 24.3 Å². The number of ketones is 1. The number of carboxylic acids is 1. The number of rotatable bonds is 1. The minimum atomic E-state index is -1.03. The van der Waals surface area contributed by atoms with Crippen LogP contribution in [0.4, 0.5) is 0 Å². The van der Waals surface area contributed by atoms with E-state index >= 15 is 0 Å². The molecule has 0 radical (unpaired) electrons. The number of hydrogen-bond donors (Lipinski definition) is 1. The van der Waals surface area contributed by atoms with Crippen molar-refractivity contribution in [1.82, 2.24) is 0 Å². The summed E-state index contributed by atoms with van der Waals surface area (Å²) in [6.45, 7) is 1.95. The van der Waals surface area contributed by atoms with Gasteiger partial charge in [0.15, 0.2) is 5.78 Å². The van der Waals surface area contributed by atoms with Gasteiger partial charge in [0.05, 0.1) is 0 Å². The molecule has 11 heavy (non-hydrogen) atoms. The van der Waals surface area contributed by atoms with E-state index in [1.807, 2.05) is 6.92 Å². The molecule has 0 aromatic rings. The van der Waals surface area contributed by atoms with Crippen molar-refractivity contribution >= 4 is 11.8 Å². The van der Waals surface area contributed by atoms with Gasteiger partial charge in [0, 0.05) is 18.1 Å². The topological polar surface area (TPSA) is 54.4 Å². The third kappa shape index (κ3) is 1.90. The lowest BCUT2D eigenvalue weighted by molar-refractivity contribution is -0.131. The molecular weight excluding hydrogens is 144 g/mol. The van der Waals surface area contributed by atoms with E-state index in [2.05, 4.69) is 0 Å². The highest BCUT2D eigenvalue weighted by atomic mass is 16.4. The highest BCUT2D eigenvalue weighted by Gasteiger charge is 2.24. The number of aliphatic carboxylic acids is 1. The Bertz CT molecular complexity index is 227. The standard InChI is InChI=1S/C8H10O3/c1-5-2-6(4-8(10)11)7(9)3-5/h4-5H,2-3H2,1H3,(H,10,11). The van der Waals surface area contributed by atoms with Gasteiger partial charge in [-0.25, -0.2) is 4.79 Å². The van der Waals surface area contributed by atoms with Crippen molar-refractivity contribution in [2.45, 2.75) is 19.8 Å². The van der Waals surface area contributed by atoms with Crippen LogP contribution in [-0.4, -0.2) is 16.9 Å². The van der Waals surface area contributed by atoms with Gasteiger partial charge < -0.3 is 5.11 Å². The molecule has 1 unspecified atom stereocenters. The van der Waals surface area contributed by atoms with Crippen LogP contribution in [-0.2, 0) is 9.59 Å². The lowest BCUT2D eigenvalue weighted by atomic mass is 10.1. The lowest BCUT2D eigenvalue weighted by Gasteiger charge is -1.91. The van der Waals surface area contributed by atoms with E-state index in [1.165, 1.54) is 0 Å². The summed E-state index contributed by atoms with van der Waals surface area (Å²) in [5.41, 5.74) is 0.463. The quantitative estimate of drug-likeness (QED) is 0.573. The van der Waals surface area contributed by atoms with Crippen LogP contribution >= 0.6 is 0 Å². The number of carboxylic acid groups (broad SMARTS) is 1. The Labute approximate surface area is 64.7 Å². The van der Waals surface area contributed by atoms with Gasteiger partial charge in [0.2, 0.25) is 0 Å². The molecule has 1 atom stereocenters. The summed E-state index contributed by atoms with van der Waals surface area (Å²) in [6.07, 6.45) is 2.13. The van der Waals surface area contributed by atoms with Crippen LogP contribution < -0.4 is 0 Å². The molecule has 1 fully saturated rings.